The van der Waals surface area contributed by atoms with Crippen molar-refractivity contribution < 1.29 is 9.52 Å². The third-order valence-corrected chi connectivity index (χ3v) is 2.59. The van der Waals surface area contributed by atoms with Gasteiger partial charge in [0, 0.05) is 5.92 Å². The number of aliphatic hydroxyl groups is 1. The summed E-state index contributed by atoms with van der Waals surface area (Å²) in [6, 6.07) is 3.92. The van der Waals surface area contributed by atoms with Crippen LogP contribution in [-0.2, 0) is 0 Å². The second-order valence-corrected chi connectivity index (χ2v) is 3.53. The van der Waals surface area contributed by atoms with Crippen molar-refractivity contribution in [3.05, 3.63) is 24.2 Å². The SMILES string of the molecule is OC1CCCC(c2ccco2)C1. The van der Waals surface area contributed by atoms with Crippen molar-refractivity contribution in [1.29, 1.82) is 0 Å². The Bertz CT molecular complexity index is 228. The van der Waals surface area contributed by atoms with Crippen molar-refractivity contribution in [2.24, 2.45) is 0 Å². The molecule has 2 rings (SSSR count). The van der Waals surface area contributed by atoms with Crippen LogP contribution in [0.5, 0.6) is 0 Å². The average Bonchev–Trinajstić information content (AvgIpc) is 2.56. The van der Waals surface area contributed by atoms with Gasteiger partial charge in [0.15, 0.2) is 0 Å². The topological polar surface area (TPSA) is 33.4 Å². The predicted molar refractivity (Wildman–Crippen MR) is 45.9 cm³/mol. The zero-order chi connectivity index (χ0) is 8.39. The van der Waals surface area contributed by atoms with Crippen LogP contribution in [0.4, 0.5) is 0 Å². The summed E-state index contributed by atoms with van der Waals surface area (Å²) >= 11 is 0. The van der Waals surface area contributed by atoms with Crippen molar-refractivity contribution in [3.8, 4) is 0 Å². The van der Waals surface area contributed by atoms with Crippen LogP contribution < -0.4 is 0 Å². The van der Waals surface area contributed by atoms with Gasteiger partial charge in [-0.25, -0.2) is 0 Å². The molecule has 2 heteroatoms. The van der Waals surface area contributed by atoms with Crippen LogP contribution in [0, 0.1) is 0 Å². The van der Waals surface area contributed by atoms with E-state index in [2.05, 4.69) is 0 Å². The van der Waals surface area contributed by atoms with E-state index >= 15 is 0 Å². The van der Waals surface area contributed by atoms with Gasteiger partial charge in [0.25, 0.3) is 0 Å². The molecule has 2 nitrogen and oxygen atoms in total. The van der Waals surface area contributed by atoms with Crippen molar-refractivity contribution in [1.82, 2.24) is 0 Å². The molecular formula is C10H14O2. The van der Waals surface area contributed by atoms with Gasteiger partial charge in [-0.3, -0.25) is 0 Å². The zero-order valence-electron chi connectivity index (χ0n) is 7.07. The molecule has 0 spiro atoms. The summed E-state index contributed by atoms with van der Waals surface area (Å²) in [6.07, 6.45) is 5.69. The van der Waals surface area contributed by atoms with E-state index in [1.807, 2.05) is 12.1 Å². The summed E-state index contributed by atoms with van der Waals surface area (Å²) in [5.41, 5.74) is 0. The fourth-order valence-electron chi connectivity index (χ4n) is 1.95. The van der Waals surface area contributed by atoms with Crippen LogP contribution >= 0.6 is 0 Å². The van der Waals surface area contributed by atoms with Crippen molar-refractivity contribution in [3.63, 3.8) is 0 Å². The van der Waals surface area contributed by atoms with Gasteiger partial charge >= 0.3 is 0 Å². The summed E-state index contributed by atoms with van der Waals surface area (Å²) in [6.45, 7) is 0. The van der Waals surface area contributed by atoms with Crippen molar-refractivity contribution in [2.75, 3.05) is 0 Å². The van der Waals surface area contributed by atoms with Crippen LogP contribution in [0.1, 0.15) is 37.4 Å². The summed E-state index contributed by atoms with van der Waals surface area (Å²) in [5, 5.41) is 9.44. The highest BCUT2D eigenvalue weighted by atomic mass is 16.3. The third kappa shape index (κ3) is 1.53. The van der Waals surface area contributed by atoms with Gasteiger partial charge in [-0.2, -0.15) is 0 Å². The minimum Gasteiger partial charge on any atom is -0.469 e. The summed E-state index contributed by atoms with van der Waals surface area (Å²) in [5.74, 6) is 1.48. The Hall–Kier alpha value is -0.760. The van der Waals surface area contributed by atoms with Gasteiger partial charge in [0.2, 0.25) is 0 Å². The first-order chi connectivity index (χ1) is 5.86. The van der Waals surface area contributed by atoms with Crippen LogP contribution in [0.15, 0.2) is 22.8 Å². The summed E-state index contributed by atoms with van der Waals surface area (Å²) in [7, 11) is 0. The molecule has 2 atom stereocenters. The molecule has 1 fully saturated rings. The Morgan fingerprint density at radius 1 is 1.42 bits per heavy atom. The number of rotatable bonds is 1. The van der Waals surface area contributed by atoms with Gasteiger partial charge in [-0.15, -0.1) is 0 Å². The van der Waals surface area contributed by atoms with E-state index in [1.165, 1.54) is 0 Å². The minimum atomic E-state index is -0.117. The number of hydrogen-bond donors (Lipinski definition) is 1. The number of aliphatic hydroxyl groups excluding tert-OH is 1. The molecular weight excluding hydrogens is 152 g/mol. The highest BCUT2D eigenvalue weighted by Gasteiger charge is 2.22. The van der Waals surface area contributed by atoms with E-state index in [-0.39, 0.29) is 6.10 Å². The molecule has 12 heavy (non-hydrogen) atoms. The van der Waals surface area contributed by atoms with Gasteiger partial charge in [-0.1, -0.05) is 6.42 Å². The number of furan rings is 1. The molecule has 1 aromatic heterocycles. The minimum absolute atomic E-state index is 0.117. The molecule has 0 bridgehead atoms. The van der Waals surface area contributed by atoms with Crippen LogP contribution in [0.3, 0.4) is 0 Å². The first-order valence-corrected chi connectivity index (χ1v) is 4.58. The molecule has 0 amide bonds. The molecule has 1 saturated carbocycles. The van der Waals surface area contributed by atoms with E-state index in [0.717, 1.165) is 31.4 Å². The molecule has 0 radical (unpaired) electrons. The van der Waals surface area contributed by atoms with E-state index in [4.69, 9.17) is 4.42 Å². The largest absolute Gasteiger partial charge is 0.469 e. The highest BCUT2D eigenvalue weighted by molar-refractivity contribution is 5.06. The van der Waals surface area contributed by atoms with E-state index in [1.54, 1.807) is 6.26 Å². The van der Waals surface area contributed by atoms with E-state index in [9.17, 15) is 5.11 Å². The zero-order valence-corrected chi connectivity index (χ0v) is 7.07. The Balaban J connectivity index is 2.04. The summed E-state index contributed by atoms with van der Waals surface area (Å²) < 4.78 is 5.31. The second-order valence-electron chi connectivity index (χ2n) is 3.53. The molecule has 2 unspecified atom stereocenters. The van der Waals surface area contributed by atoms with Crippen LogP contribution in [0.25, 0.3) is 0 Å². The Morgan fingerprint density at radius 2 is 2.33 bits per heavy atom. The van der Waals surface area contributed by atoms with Crippen LogP contribution in [0.2, 0.25) is 0 Å². The molecule has 0 aromatic carbocycles. The molecule has 1 aromatic rings. The first-order valence-electron chi connectivity index (χ1n) is 4.58. The average molecular weight is 166 g/mol. The lowest BCUT2D eigenvalue weighted by Crippen LogP contribution is -2.17. The smallest absolute Gasteiger partial charge is 0.106 e. The van der Waals surface area contributed by atoms with Gasteiger partial charge in [0.05, 0.1) is 12.4 Å². The van der Waals surface area contributed by atoms with E-state index < -0.39 is 0 Å². The molecule has 1 aliphatic rings. The van der Waals surface area contributed by atoms with Gasteiger partial charge < -0.3 is 9.52 Å². The second kappa shape index (κ2) is 3.31. The number of hydrogen-bond acceptors (Lipinski definition) is 2. The maximum Gasteiger partial charge on any atom is 0.106 e. The fourth-order valence-corrected chi connectivity index (χ4v) is 1.95. The molecule has 1 N–H and O–H groups in total. The molecule has 1 heterocycles. The monoisotopic (exact) mass is 166 g/mol. The van der Waals surface area contributed by atoms with Gasteiger partial charge in [0.1, 0.15) is 5.76 Å². The van der Waals surface area contributed by atoms with E-state index in [0.29, 0.717) is 5.92 Å². The quantitative estimate of drug-likeness (QED) is 0.694. The summed E-state index contributed by atoms with van der Waals surface area (Å²) in [4.78, 5) is 0. The molecule has 0 saturated heterocycles. The first kappa shape index (κ1) is 7.87. The lowest BCUT2D eigenvalue weighted by atomic mass is 9.86. The molecule has 1 aliphatic carbocycles. The molecule has 66 valence electrons. The fraction of sp³-hybridized carbons (Fsp3) is 0.600. The molecule has 0 aliphatic heterocycles. The standard InChI is InChI=1S/C10H14O2/c11-9-4-1-3-8(7-9)10-5-2-6-12-10/h2,5-6,8-9,11H,1,3-4,7H2. The predicted octanol–water partition coefficient (Wildman–Crippen LogP) is 2.30. The maximum absolute atomic E-state index is 9.44. The van der Waals surface area contributed by atoms with Crippen molar-refractivity contribution >= 4 is 0 Å². The highest BCUT2D eigenvalue weighted by Crippen LogP contribution is 2.32. The normalized spacial score (nSPS) is 30.4. The van der Waals surface area contributed by atoms with Crippen LogP contribution in [-0.4, -0.2) is 11.2 Å². The lowest BCUT2D eigenvalue weighted by Gasteiger charge is -2.23. The third-order valence-electron chi connectivity index (χ3n) is 2.59. The maximum atomic E-state index is 9.44. The Morgan fingerprint density at radius 3 is 3.00 bits per heavy atom. The Labute approximate surface area is 72.2 Å². The lowest BCUT2D eigenvalue weighted by molar-refractivity contribution is 0.114. The van der Waals surface area contributed by atoms with Gasteiger partial charge in [-0.05, 0) is 31.4 Å². The van der Waals surface area contributed by atoms with Crippen molar-refractivity contribution in [2.45, 2.75) is 37.7 Å². The Kier molecular flexibility index (Phi) is 2.17.